The highest BCUT2D eigenvalue weighted by atomic mass is 16.1. The zero-order valence-electron chi connectivity index (χ0n) is 8.90. The van der Waals surface area contributed by atoms with Crippen LogP contribution < -0.4 is 0 Å². The van der Waals surface area contributed by atoms with Crippen molar-refractivity contribution in [3.63, 3.8) is 0 Å². The molecule has 1 heterocycles. The largest absolute Gasteiger partial charge is 0.294 e. The molecule has 2 nitrogen and oxygen atoms in total. The van der Waals surface area contributed by atoms with Gasteiger partial charge in [-0.05, 0) is 11.5 Å². The van der Waals surface area contributed by atoms with Crippen molar-refractivity contribution in [3.05, 3.63) is 42.2 Å². The quantitative estimate of drug-likeness (QED) is 0.696. The summed E-state index contributed by atoms with van der Waals surface area (Å²) in [6, 6.07) is 7.65. The predicted molar refractivity (Wildman–Crippen MR) is 60.9 cm³/mol. The molecule has 0 radical (unpaired) electrons. The number of carbonyl (C=O) groups is 1. The number of fused-ring (bicyclic) bond motifs is 1. The number of pyridine rings is 1. The molecule has 0 atom stereocenters. The first kappa shape index (κ1) is 9.84. The van der Waals surface area contributed by atoms with Crippen LogP contribution in [-0.2, 0) is 0 Å². The molecule has 0 aliphatic rings. The van der Waals surface area contributed by atoms with Crippen molar-refractivity contribution in [1.29, 1.82) is 0 Å². The number of nitrogens with zero attached hydrogens (tertiary/aromatic N) is 1. The van der Waals surface area contributed by atoms with E-state index < -0.39 is 0 Å². The van der Waals surface area contributed by atoms with Crippen molar-refractivity contribution in [2.24, 2.45) is 5.92 Å². The lowest BCUT2D eigenvalue weighted by Gasteiger charge is -2.07. The first-order valence-electron chi connectivity index (χ1n) is 5.07. The first-order chi connectivity index (χ1) is 7.20. The minimum atomic E-state index is 0.0313. The second-order valence-corrected chi connectivity index (χ2v) is 3.92. The van der Waals surface area contributed by atoms with Gasteiger partial charge < -0.3 is 0 Å². The summed E-state index contributed by atoms with van der Waals surface area (Å²) in [6.45, 7) is 3.84. The molecule has 0 aliphatic heterocycles. The Kier molecular flexibility index (Phi) is 2.50. The van der Waals surface area contributed by atoms with Crippen LogP contribution >= 0.6 is 0 Å². The fourth-order valence-electron chi connectivity index (χ4n) is 1.65. The molecule has 2 rings (SSSR count). The van der Waals surface area contributed by atoms with Crippen LogP contribution in [0.2, 0.25) is 0 Å². The maximum absolute atomic E-state index is 11.9. The summed E-state index contributed by atoms with van der Waals surface area (Å²) in [4.78, 5) is 16.0. The molecule has 0 bridgehead atoms. The topological polar surface area (TPSA) is 30.0 Å². The monoisotopic (exact) mass is 199 g/mol. The zero-order chi connectivity index (χ0) is 10.8. The number of aromatic nitrogens is 1. The van der Waals surface area contributed by atoms with E-state index >= 15 is 0 Å². The summed E-state index contributed by atoms with van der Waals surface area (Å²) >= 11 is 0. The Morgan fingerprint density at radius 3 is 2.80 bits per heavy atom. The van der Waals surface area contributed by atoms with Gasteiger partial charge in [-0.2, -0.15) is 0 Å². The minimum absolute atomic E-state index is 0.0313. The molecular weight excluding hydrogens is 186 g/mol. The maximum Gasteiger partial charge on any atom is 0.166 e. The molecule has 15 heavy (non-hydrogen) atoms. The van der Waals surface area contributed by atoms with Crippen molar-refractivity contribution in [2.75, 3.05) is 0 Å². The Morgan fingerprint density at radius 2 is 2.07 bits per heavy atom. The molecule has 2 aromatic rings. The molecule has 0 fully saturated rings. The number of Topliss-reactive ketones (excluding diaryl/α,β-unsaturated/α-hetero) is 1. The molecule has 1 aromatic heterocycles. The molecule has 1 aromatic carbocycles. The molecular formula is C13H13NO. The molecule has 76 valence electrons. The molecule has 0 saturated carbocycles. The van der Waals surface area contributed by atoms with Crippen LogP contribution in [0.25, 0.3) is 10.8 Å². The van der Waals surface area contributed by atoms with Crippen LogP contribution in [0.3, 0.4) is 0 Å². The van der Waals surface area contributed by atoms with Gasteiger partial charge >= 0.3 is 0 Å². The van der Waals surface area contributed by atoms with Gasteiger partial charge in [0.2, 0.25) is 0 Å². The molecule has 0 spiro atoms. The Hall–Kier alpha value is -1.70. The highest BCUT2D eigenvalue weighted by Gasteiger charge is 2.12. The summed E-state index contributed by atoms with van der Waals surface area (Å²) in [5, 5.41) is 2.01. The van der Waals surface area contributed by atoms with E-state index in [1.807, 2.05) is 38.1 Å². The minimum Gasteiger partial charge on any atom is -0.294 e. The normalized spacial score (nSPS) is 10.9. The Balaban J connectivity index is 2.66. The Labute approximate surface area is 89.0 Å². The highest BCUT2D eigenvalue weighted by molar-refractivity contribution is 6.08. The van der Waals surface area contributed by atoms with Crippen LogP contribution in [-0.4, -0.2) is 10.8 Å². The first-order valence-corrected chi connectivity index (χ1v) is 5.07. The molecule has 0 unspecified atom stereocenters. The van der Waals surface area contributed by atoms with Gasteiger partial charge in [0.1, 0.15) is 0 Å². The lowest BCUT2D eigenvalue weighted by atomic mass is 9.96. The third kappa shape index (κ3) is 1.75. The van der Waals surface area contributed by atoms with Gasteiger partial charge in [0.25, 0.3) is 0 Å². The number of benzene rings is 1. The van der Waals surface area contributed by atoms with Gasteiger partial charge in [-0.25, -0.2) is 0 Å². The number of hydrogen-bond acceptors (Lipinski definition) is 2. The average molecular weight is 199 g/mol. The average Bonchev–Trinajstić information content (AvgIpc) is 2.27. The molecule has 0 N–H and O–H groups in total. The van der Waals surface area contributed by atoms with E-state index in [0.29, 0.717) is 0 Å². The number of rotatable bonds is 2. The third-order valence-corrected chi connectivity index (χ3v) is 2.47. The fourth-order valence-corrected chi connectivity index (χ4v) is 1.65. The molecule has 0 amide bonds. The van der Waals surface area contributed by atoms with E-state index in [2.05, 4.69) is 4.98 Å². The molecule has 2 heteroatoms. The Bertz CT molecular complexity index is 497. The molecule has 0 saturated heterocycles. The smallest absolute Gasteiger partial charge is 0.166 e. The van der Waals surface area contributed by atoms with Crippen molar-refractivity contribution in [1.82, 2.24) is 4.98 Å². The summed E-state index contributed by atoms with van der Waals surface area (Å²) in [5.74, 6) is 0.218. The lowest BCUT2D eigenvalue weighted by Crippen LogP contribution is -2.07. The van der Waals surface area contributed by atoms with Crippen molar-refractivity contribution >= 4 is 16.6 Å². The van der Waals surface area contributed by atoms with Crippen molar-refractivity contribution < 1.29 is 4.79 Å². The van der Waals surface area contributed by atoms with E-state index in [4.69, 9.17) is 0 Å². The van der Waals surface area contributed by atoms with Gasteiger partial charge in [-0.15, -0.1) is 0 Å². The van der Waals surface area contributed by atoms with Crippen LogP contribution in [0.5, 0.6) is 0 Å². The summed E-state index contributed by atoms with van der Waals surface area (Å²) < 4.78 is 0. The van der Waals surface area contributed by atoms with E-state index in [1.165, 1.54) is 0 Å². The number of ketones is 1. The zero-order valence-corrected chi connectivity index (χ0v) is 8.90. The van der Waals surface area contributed by atoms with E-state index in [-0.39, 0.29) is 11.7 Å². The SMILES string of the molecule is CC(C)C(=O)c1cccc2cnccc12. The van der Waals surface area contributed by atoms with Crippen LogP contribution in [0, 0.1) is 5.92 Å². The third-order valence-electron chi connectivity index (χ3n) is 2.47. The number of carbonyl (C=O) groups excluding carboxylic acids is 1. The van der Waals surface area contributed by atoms with Gasteiger partial charge in [0, 0.05) is 29.3 Å². The van der Waals surface area contributed by atoms with Crippen LogP contribution in [0.1, 0.15) is 24.2 Å². The Morgan fingerprint density at radius 1 is 1.27 bits per heavy atom. The van der Waals surface area contributed by atoms with Crippen molar-refractivity contribution in [2.45, 2.75) is 13.8 Å². The standard InChI is InChI=1S/C13H13NO/c1-9(2)13(15)12-5-3-4-10-8-14-7-6-11(10)12/h3-9H,1-2H3. The van der Waals surface area contributed by atoms with E-state index in [9.17, 15) is 4.79 Å². The predicted octanol–water partition coefficient (Wildman–Crippen LogP) is 3.07. The van der Waals surface area contributed by atoms with Crippen LogP contribution in [0.4, 0.5) is 0 Å². The van der Waals surface area contributed by atoms with Gasteiger partial charge in [-0.1, -0.05) is 32.0 Å². The van der Waals surface area contributed by atoms with Crippen molar-refractivity contribution in [3.8, 4) is 0 Å². The highest BCUT2D eigenvalue weighted by Crippen LogP contribution is 2.20. The van der Waals surface area contributed by atoms with E-state index in [1.54, 1.807) is 12.4 Å². The van der Waals surface area contributed by atoms with Crippen LogP contribution in [0.15, 0.2) is 36.7 Å². The number of hydrogen-bond donors (Lipinski definition) is 0. The maximum atomic E-state index is 11.9. The van der Waals surface area contributed by atoms with Gasteiger partial charge in [-0.3, -0.25) is 9.78 Å². The fraction of sp³-hybridized carbons (Fsp3) is 0.231. The summed E-state index contributed by atoms with van der Waals surface area (Å²) in [7, 11) is 0. The van der Waals surface area contributed by atoms with Gasteiger partial charge in [0.15, 0.2) is 5.78 Å². The molecule has 0 aliphatic carbocycles. The van der Waals surface area contributed by atoms with Gasteiger partial charge in [0.05, 0.1) is 0 Å². The summed E-state index contributed by atoms with van der Waals surface area (Å²) in [5.41, 5.74) is 0.796. The summed E-state index contributed by atoms with van der Waals surface area (Å²) in [6.07, 6.45) is 3.51. The lowest BCUT2D eigenvalue weighted by molar-refractivity contribution is 0.0941. The second-order valence-electron chi connectivity index (χ2n) is 3.92. The second kappa shape index (κ2) is 3.81. The van der Waals surface area contributed by atoms with E-state index in [0.717, 1.165) is 16.3 Å².